The summed E-state index contributed by atoms with van der Waals surface area (Å²) in [5.41, 5.74) is 0.269. The Balaban J connectivity index is 0.00000169. The molecule has 1 aromatic carbocycles. The molecule has 0 nitrogen and oxygen atoms in total. The fourth-order valence-corrected chi connectivity index (χ4v) is 1.24. The third-order valence-electron chi connectivity index (χ3n) is 1.87. The second kappa shape index (κ2) is 6.33. The minimum Gasteiger partial charge on any atom is -0.445 e. The van der Waals surface area contributed by atoms with Crippen LogP contribution in [0.25, 0.3) is 0 Å². The van der Waals surface area contributed by atoms with Crippen molar-refractivity contribution in [2.75, 3.05) is 0 Å². The summed E-state index contributed by atoms with van der Waals surface area (Å²) in [6.45, 7) is -2.89. The SMILES string of the molecule is CCCc1cccc([B-](F)(F)F)c1.[K+]. The number of halogens is 3. The Morgan fingerprint density at radius 2 is 1.86 bits per heavy atom. The molecule has 0 aromatic heterocycles. The van der Waals surface area contributed by atoms with E-state index in [9.17, 15) is 12.9 Å². The maximum absolute atomic E-state index is 12.3. The van der Waals surface area contributed by atoms with Gasteiger partial charge in [-0.25, -0.2) is 0 Å². The van der Waals surface area contributed by atoms with E-state index in [-0.39, 0.29) is 51.4 Å². The second-order valence-corrected chi connectivity index (χ2v) is 3.07. The van der Waals surface area contributed by atoms with E-state index in [4.69, 9.17) is 0 Å². The summed E-state index contributed by atoms with van der Waals surface area (Å²) in [6.07, 6.45) is 1.58. The summed E-state index contributed by atoms with van der Waals surface area (Å²) in [6, 6.07) is 5.56. The summed E-state index contributed by atoms with van der Waals surface area (Å²) in [4.78, 5) is 0. The molecule has 0 bridgehead atoms. The van der Waals surface area contributed by atoms with Crippen molar-refractivity contribution in [3.05, 3.63) is 29.8 Å². The van der Waals surface area contributed by atoms with E-state index < -0.39 is 12.4 Å². The van der Waals surface area contributed by atoms with Gasteiger partial charge < -0.3 is 12.9 Å². The van der Waals surface area contributed by atoms with Crippen LogP contribution in [0.15, 0.2) is 24.3 Å². The zero-order valence-corrected chi connectivity index (χ0v) is 11.6. The van der Waals surface area contributed by atoms with E-state index in [1.165, 1.54) is 12.1 Å². The van der Waals surface area contributed by atoms with Crippen LogP contribution in [0, 0.1) is 0 Å². The number of hydrogen-bond acceptors (Lipinski definition) is 0. The molecule has 0 aliphatic heterocycles. The molecule has 72 valence electrons. The normalized spacial score (nSPS) is 10.9. The fraction of sp³-hybridized carbons (Fsp3) is 0.333. The first kappa shape index (κ1) is 14.7. The summed E-state index contributed by atoms with van der Waals surface area (Å²) in [5.74, 6) is 0. The maximum atomic E-state index is 12.3. The number of benzene rings is 1. The second-order valence-electron chi connectivity index (χ2n) is 3.07. The van der Waals surface area contributed by atoms with Gasteiger partial charge >= 0.3 is 58.4 Å². The first-order valence-electron chi connectivity index (χ1n) is 4.33. The Bertz CT molecular complexity index is 286. The molecule has 0 atom stereocenters. The molecule has 1 rings (SSSR count). The van der Waals surface area contributed by atoms with Crippen LogP contribution < -0.4 is 56.8 Å². The van der Waals surface area contributed by atoms with Crippen LogP contribution in [-0.2, 0) is 6.42 Å². The maximum Gasteiger partial charge on any atom is 1.00 e. The molecule has 0 aliphatic rings. The molecule has 0 spiro atoms. The van der Waals surface area contributed by atoms with E-state index in [2.05, 4.69) is 0 Å². The van der Waals surface area contributed by atoms with Crippen LogP contribution in [0.2, 0.25) is 0 Å². The first-order valence-corrected chi connectivity index (χ1v) is 4.33. The van der Waals surface area contributed by atoms with Gasteiger partial charge in [0.15, 0.2) is 0 Å². The molecule has 0 unspecified atom stereocenters. The van der Waals surface area contributed by atoms with Gasteiger partial charge in [0.2, 0.25) is 0 Å². The smallest absolute Gasteiger partial charge is 0.445 e. The fourth-order valence-electron chi connectivity index (χ4n) is 1.24. The summed E-state index contributed by atoms with van der Waals surface area (Å²) >= 11 is 0. The zero-order valence-electron chi connectivity index (χ0n) is 8.43. The van der Waals surface area contributed by atoms with Crippen molar-refractivity contribution >= 4 is 12.4 Å². The van der Waals surface area contributed by atoms with Crippen molar-refractivity contribution in [2.24, 2.45) is 0 Å². The van der Waals surface area contributed by atoms with Gasteiger partial charge in [-0.1, -0.05) is 43.2 Å². The first-order chi connectivity index (χ1) is 6.04. The van der Waals surface area contributed by atoms with Crippen LogP contribution in [0.5, 0.6) is 0 Å². The van der Waals surface area contributed by atoms with Crippen LogP contribution in [0.1, 0.15) is 18.9 Å². The average molecular weight is 226 g/mol. The predicted molar refractivity (Wildman–Crippen MR) is 49.1 cm³/mol. The van der Waals surface area contributed by atoms with Crippen molar-refractivity contribution in [3.63, 3.8) is 0 Å². The largest absolute Gasteiger partial charge is 1.00 e. The van der Waals surface area contributed by atoms with Gasteiger partial charge in [0.05, 0.1) is 0 Å². The Morgan fingerprint density at radius 1 is 1.21 bits per heavy atom. The minimum atomic E-state index is -4.84. The standard InChI is InChI=1S/C9H11BF3.K/c1-2-4-8-5-3-6-9(7-8)10(11,12)13;/h3,5-7H,2,4H2,1H3;/q-1;+1. The van der Waals surface area contributed by atoms with Gasteiger partial charge in [0.1, 0.15) is 0 Å². The van der Waals surface area contributed by atoms with E-state index in [1.54, 1.807) is 6.07 Å². The molecule has 0 saturated carbocycles. The molecule has 0 amide bonds. The van der Waals surface area contributed by atoms with Gasteiger partial charge in [-0.05, 0) is 6.42 Å². The Labute approximate surface area is 125 Å². The number of rotatable bonds is 3. The molecule has 14 heavy (non-hydrogen) atoms. The molecule has 1 aromatic rings. The van der Waals surface area contributed by atoms with Crippen LogP contribution >= 0.6 is 0 Å². The van der Waals surface area contributed by atoms with Crippen molar-refractivity contribution in [1.29, 1.82) is 0 Å². The van der Waals surface area contributed by atoms with Gasteiger partial charge in [0.25, 0.3) is 0 Å². The van der Waals surface area contributed by atoms with E-state index in [0.717, 1.165) is 18.1 Å². The Morgan fingerprint density at radius 3 is 2.36 bits per heavy atom. The van der Waals surface area contributed by atoms with Crippen molar-refractivity contribution < 1.29 is 64.3 Å². The quantitative estimate of drug-likeness (QED) is 0.620. The van der Waals surface area contributed by atoms with Crippen LogP contribution in [0.4, 0.5) is 12.9 Å². The van der Waals surface area contributed by atoms with Crippen LogP contribution in [-0.4, -0.2) is 6.98 Å². The molecule has 0 N–H and O–H groups in total. The van der Waals surface area contributed by atoms with Crippen LogP contribution in [0.3, 0.4) is 0 Å². The van der Waals surface area contributed by atoms with Crippen molar-refractivity contribution in [3.8, 4) is 0 Å². The topological polar surface area (TPSA) is 0 Å². The zero-order chi connectivity index (χ0) is 9.90. The molecule has 0 heterocycles. The Kier molecular flexibility index (Phi) is 6.65. The number of aryl methyl sites for hydroxylation is 1. The molecular formula is C9H11BF3K. The monoisotopic (exact) mass is 226 g/mol. The summed E-state index contributed by atoms with van der Waals surface area (Å²) in [5, 5.41) is 0. The van der Waals surface area contributed by atoms with E-state index in [0.29, 0.717) is 6.42 Å². The molecule has 0 radical (unpaired) electrons. The number of hydrogen-bond donors (Lipinski definition) is 0. The Hall–Kier alpha value is 0.711. The molecule has 0 aliphatic carbocycles. The summed E-state index contributed by atoms with van der Waals surface area (Å²) in [7, 11) is 0. The van der Waals surface area contributed by atoms with E-state index >= 15 is 0 Å². The van der Waals surface area contributed by atoms with E-state index in [1.807, 2.05) is 6.92 Å². The summed E-state index contributed by atoms with van der Waals surface area (Å²) < 4.78 is 36.8. The average Bonchev–Trinajstić information content (AvgIpc) is 2.04. The van der Waals surface area contributed by atoms with Gasteiger partial charge in [0, 0.05) is 0 Å². The van der Waals surface area contributed by atoms with Crippen molar-refractivity contribution in [2.45, 2.75) is 19.8 Å². The molecule has 0 saturated heterocycles. The third-order valence-corrected chi connectivity index (χ3v) is 1.87. The minimum absolute atomic E-state index is 0. The van der Waals surface area contributed by atoms with Gasteiger partial charge in [-0.3, -0.25) is 0 Å². The predicted octanol–water partition coefficient (Wildman–Crippen LogP) is -0.302. The third kappa shape index (κ3) is 4.49. The molecule has 5 heteroatoms. The van der Waals surface area contributed by atoms with Gasteiger partial charge in [-0.2, -0.15) is 0 Å². The molecule has 0 fully saturated rings. The van der Waals surface area contributed by atoms with Gasteiger partial charge in [-0.15, -0.1) is 5.46 Å². The van der Waals surface area contributed by atoms with Crippen molar-refractivity contribution in [1.82, 2.24) is 0 Å². The molecular weight excluding hydrogens is 215 g/mol.